The van der Waals surface area contributed by atoms with Crippen LogP contribution in [0.25, 0.3) is 0 Å². The van der Waals surface area contributed by atoms with Crippen molar-refractivity contribution in [2.45, 2.75) is 31.1 Å². The van der Waals surface area contributed by atoms with E-state index in [-0.39, 0.29) is 0 Å². The Morgan fingerprint density at radius 2 is 2.00 bits per heavy atom. The molecule has 1 aromatic rings. The van der Waals surface area contributed by atoms with Crippen molar-refractivity contribution in [3.05, 3.63) is 32.8 Å². The van der Waals surface area contributed by atoms with Gasteiger partial charge in [-0.1, -0.05) is 27.5 Å². The fourth-order valence-corrected chi connectivity index (χ4v) is 3.51. The minimum Gasteiger partial charge on any atom is -0.0843 e. The molecule has 0 unspecified atom stereocenters. The van der Waals surface area contributed by atoms with E-state index in [0.29, 0.717) is 5.41 Å². The van der Waals surface area contributed by atoms with Gasteiger partial charge in [0.2, 0.25) is 0 Å². The van der Waals surface area contributed by atoms with Gasteiger partial charge in [0.25, 0.3) is 0 Å². The summed E-state index contributed by atoms with van der Waals surface area (Å²) in [6.45, 7) is 0. The molecule has 0 amide bonds. The monoisotopic (exact) mass is 256 g/mol. The van der Waals surface area contributed by atoms with E-state index < -0.39 is 0 Å². The highest BCUT2D eigenvalue weighted by atomic mass is 79.9. The van der Waals surface area contributed by atoms with Crippen LogP contribution in [0.4, 0.5) is 0 Å². The zero-order valence-electron chi connectivity index (χ0n) is 7.24. The number of hydrogen-bond donors (Lipinski definition) is 0. The fraction of sp³-hybridized carbons (Fsp3) is 0.455. The minimum atomic E-state index is 0.544. The molecule has 1 spiro atoms. The van der Waals surface area contributed by atoms with E-state index >= 15 is 0 Å². The van der Waals surface area contributed by atoms with Crippen LogP contribution in [0.1, 0.15) is 30.4 Å². The molecule has 0 heterocycles. The van der Waals surface area contributed by atoms with Crippen LogP contribution in [0.15, 0.2) is 16.6 Å². The van der Waals surface area contributed by atoms with Crippen molar-refractivity contribution in [1.82, 2.24) is 0 Å². The molecular formula is C11H10BrCl. The summed E-state index contributed by atoms with van der Waals surface area (Å²) < 4.78 is 1.21. The molecule has 0 bridgehead atoms. The number of hydrogen-bond acceptors (Lipinski definition) is 0. The minimum absolute atomic E-state index is 0.544. The van der Waals surface area contributed by atoms with Crippen molar-refractivity contribution in [1.29, 1.82) is 0 Å². The van der Waals surface area contributed by atoms with Crippen LogP contribution in [-0.4, -0.2) is 0 Å². The number of rotatable bonds is 0. The molecule has 0 N–H and O–H groups in total. The maximum atomic E-state index is 6.05. The second-order valence-electron chi connectivity index (χ2n) is 4.19. The molecule has 0 aliphatic heterocycles. The van der Waals surface area contributed by atoms with Gasteiger partial charge in [-0.25, -0.2) is 0 Å². The first-order valence-electron chi connectivity index (χ1n) is 4.70. The quantitative estimate of drug-likeness (QED) is 0.657. The number of fused-ring (bicyclic) bond motifs is 2. The summed E-state index contributed by atoms with van der Waals surface area (Å²) in [6, 6.07) is 4.18. The van der Waals surface area contributed by atoms with E-state index in [1.807, 2.05) is 6.07 Å². The molecule has 3 rings (SSSR count). The Morgan fingerprint density at radius 1 is 1.23 bits per heavy atom. The van der Waals surface area contributed by atoms with Gasteiger partial charge in [-0.3, -0.25) is 0 Å². The summed E-state index contributed by atoms with van der Waals surface area (Å²) in [5.41, 5.74) is 3.57. The average Bonchev–Trinajstić information content (AvgIpc) is 2.73. The second kappa shape index (κ2) is 2.52. The van der Waals surface area contributed by atoms with Gasteiger partial charge in [-0.05, 0) is 54.4 Å². The fourth-order valence-electron chi connectivity index (χ4n) is 2.50. The van der Waals surface area contributed by atoms with Gasteiger partial charge in [-0.15, -0.1) is 0 Å². The highest BCUT2D eigenvalue weighted by Crippen LogP contribution is 2.58. The Balaban J connectivity index is 2.24. The summed E-state index contributed by atoms with van der Waals surface area (Å²) in [5.74, 6) is 0. The van der Waals surface area contributed by atoms with Crippen LogP contribution in [0.5, 0.6) is 0 Å². The zero-order chi connectivity index (χ0) is 9.05. The number of benzene rings is 1. The Morgan fingerprint density at radius 3 is 2.69 bits per heavy atom. The molecule has 0 aromatic heterocycles. The smallest absolute Gasteiger partial charge is 0.0420 e. The Labute approximate surface area is 91.4 Å². The molecule has 2 aliphatic rings. The predicted octanol–water partition coefficient (Wildman–Crippen LogP) is 4.08. The van der Waals surface area contributed by atoms with Crippen molar-refractivity contribution < 1.29 is 0 Å². The van der Waals surface area contributed by atoms with Crippen LogP contribution in [0.3, 0.4) is 0 Å². The first-order chi connectivity index (χ1) is 6.21. The topological polar surface area (TPSA) is 0 Å². The van der Waals surface area contributed by atoms with Crippen molar-refractivity contribution in [2.75, 3.05) is 0 Å². The molecule has 0 radical (unpaired) electrons. The first-order valence-corrected chi connectivity index (χ1v) is 5.87. The van der Waals surface area contributed by atoms with Crippen LogP contribution in [0.2, 0.25) is 5.02 Å². The molecule has 2 heteroatoms. The van der Waals surface area contributed by atoms with Crippen LogP contribution in [0, 0.1) is 0 Å². The van der Waals surface area contributed by atoms with E-state index in [4.69, 9.17) is 11.6 Å². The molecule has 68 valence electrons. The zero-order valence-corrected chi connectivity index (χ0v) is 9.58. The molecule has 0 saturated heterocycles. The average molecular weight is 258 g/mol. The summed E-state index contributed by atoms with van der Waals surface area (Å²) in [4.78, 5) is 0. The number of halogens is 2. The van der Waals surface area contributed by atoms with Gasteiger partial charge >= 0.3 is 0 Å². The van der Waals surface area contributed by atoms with Crippen molar-refractivity contribution in [3.8, 4) is 0 Å². The third-order valence-corrected chi connectivity index (χ3v) is 4.36. The van der Waals surface area contributed by atoms with Gasteiger partial charge in [-0.2, -0.15) is 0 Å². The largest absolute Gasteiger partial charge is 0.0843 e. The first kappa shape index (κ1) is 8.31. The summed E-state index contributed by atoms with van der Waals surface area (Å²) in [7, 11) is 0. The summed E-state index contributed by atoms with van der Waals surface area (Å²) in [6.07, 6.45) is 5.30. The lowest BCUT2D eigenvalue weighted by atomic mass is 9.99. The van der Waals surface area contributed by atoms with Gasteiger partial charge in [0.15, 0.2) is 0 Å². The Hall–Kier alpha value is -0.0100. The van der Waals surface area contributed by atoms with Crippen LogP contribution in [-0.2, 0) is 11.8 Å². The maximum Gasteiger partial charge on any atom is 0.0420 e. The highest BCUT2D eigenvalue weighted by molar-refractivity contribution is 9.10. The molecule has 1 fully saturated rings. The van der Waals surface area contributed by atoms with Crippen molar-refractivity contribution >= 4 is 27.5 Å². The summed E-state index contributed by atoms with van der Waals surface area (Å²) >= 11 is 9.65. The standard InChI is InChI=1S/C11H10BrCl/c12-10-6-7(13)5-9-8(10)1-2-11(9)3-4-11/h5-6H,1-4H2. The highest BCUT2D eigenvalue weighted by Gasteiger charge is 2.48. The molecule has 0 atom stereocenters. The molecule has 0 nitrogen and oxygen atoms in total. The lowest BCUT2D eigenvalue weighted by molar-refractivity contribution is 0.681. The normalized spacial score (nSPS) is 22.0. The van der Waals surface area contributed by atoms with Gasteiger partial charge < -0.3 is 0 Å². The Kier molecular flexibility index (Phi) is 1.61. The van der Waals surface area contributed by atoms with E-state index in [2.05, 4.69) is 22.0 Å². The molecule has 1 aromatic carbocycles. The van der Waals surface area contributed by atoms with Crippen molar-refractivity contribution in [3.63, 3.8) is 0 Å². The molecule has 13 heavy (non-hydrogen) atoms. The van der Waals surface area contributed by atoms with Gasteiger partial charge in [0.05, 0.1) is 0 Å². The molecule has 1 saturated carbocycles. The lowest BCUT2D eigenvalue weighted by Gasteiger charge is -2.09. The third kappa shape index (κ3) is 1.10. The third-order valence-electron chi connectivity index (χ3n) is 3.44. The van der Waals surface area contributed by atoms with Gasteiger partial charge in [0.1, 0.15) is 0 Å². The van der Waals surface area contributed by atoms with E-state index in [0.717, 1.165) is 5.02 Å². The maximum absolute atomic E-state index is 6.05. The second-order valence-corrected chi connectivity index (χ2v) is 5.48. The summed E-state index contributed by atoms with van der Waals surface area (Å²) in [5, 5.41) is 0.874. The van der Waals surface area contributed by atoms with E-state index in [9.17, 15) is 0 Å². The van der Waals surface area contributed by atoms with Crippen molar-refractivity contribution in [2.24, 2.45) is 0 Å². The van der Waals surface area contributed by atoms with Crippen LogP contribution < -0.4 is 0 Å². The Bertz CT molecular complexity index is 380. The predicted molar refractivity (Wildman–Crippen MR) is 58.4 cm³/mol. The SMILES string of the molecule is Clc1cc(Br)c2c(c1)C1(CC2)CC1. The van der Waals surface area contributed by atoms with Crippen LogP contribution >= 0.6 is 27.5 Å². The lowest BCUT2D eigenvalue weighted by Crippen LogP contribution is -1.99. The van der Waals surface area contributed by atoms with Gasteiger partial charge in [0, 0.05) is 9.50 Å². The van der Waals surface area contributed by atoms with E-state index in [1.54, 1.807) is 0 Å². The van der Waals surface area contributed by atoms with E-state index in [1.165, 1.54) is 41.3 Å². The molecule has 2 aliphatic carbocycles. The molecular weight excluding hydrogens is 247 g/mol.